The summed E-state index contributed by atoms with van der Waals surface area (Å²) in [5.74, 6) is 0.652. The molecule has 0 aliphatic carbocycles. The third kappa shape index (κ3) is 4.20. The highest BCUT2D eigenvalue weighted by Gasteiger charge is 2.11. The van der Waals surface area contributed by atoms with E-state index in [1.165, 1.54) is 6.07 Å². The van der Waals surface area contributed by atoms with Crippen LogP contribution in [0.4, 0.5) is 0 Å². The Morgan fingerprint density at radius 1 is 1.47 bits per heavy atom. The van der Waals surface area contributed by atoms with E-state index in [-0.39, 0.29) is 4.90 Å². The van der Waals surface area contributed by atoms with Gasteiger partial charge in [0, 0.05) is 0 Å². The maximum atomic E-state index is 11.2. The van der Waals surface area contributed by atoms with Crippen LogP contribution >= 0.6 is 0 Å². The molecule has 0 aliphatic heterocycles. The molecule has 5 heteroatoms. The zero-order valence-corrected chi connectivity index (χ0v) is 10.7. The summed E-state index contributed by atoms with van der Waals surface area (Å²) < 4.78 is 27.9. The van der Waals surface area contributed by atoms with Gasteiger partial charge in [0.1, 0.15) is 5.75 Å². The van der Waals surface area contributed by atoms with Gasteiger partial charge in [-0.2, -0.15) is 0 Å². The van der Waals surface area contributed by atoms with Gasteiger partial charge in [0.15, 0.2) is 0 Å². The lowest BCUT2D eigenvalue weighted by Gasteiger charge is -2.08. The summed E-state index contributed by atoms with van der Waals surface area (Å²) >= 11 is 0. The number of benzene rings is 1. The van der Waals surface area contributed by atoms with Gasteiger partial charge in [0.2, 0.25) is 10.0 Å². The van der Waals surface area contributed by atoms with Crippen LogP contribution in [0.15, 0.2) is 35.7 Å². The fraction of sp³-hybridized carbons (Fsp3) is 0.333. The summed E-state index contributed by atoms with van der Waals surface area (Å²) in [6.07, 6.45) is 3.62. The maximum Gasteiger partial charge on any atom is 0.238 e. The number of nitrogens with two attached hydrogens (primary N) is 1. The van der Waals surface area contributed by atoms with E-state index in [0.29, 0.717) is 17.9 Å². The first-order valence-electron chi connectivity index (χ1n) is 5.32. The molecule has 0 atom stereocenters. The Morgan fingerprint density at radius 2 is 2.18 bits per heavy atom. The van der Waals surface area contributed by atoms with Crippen molar-refractivity contribution >= 4 is 10.0 Å². The molecule has 0 fully saturated rings. The quantitative estimate of drug-likeness (QED) is 0.624. The molecule has 1 aromatic rings. The van der Waals surface area contributed by atoms with E-state index >= 15 is 0 Å². The van der Waals surface area contributed by atoms with Crippen LogP contribution in [-0.2, 0) is 10.0 Å². The standard InChI is InChI=1S/C12H17NO3S/c1-3-4-5-8-16-11-6-7-12(10(2)9-11)17(13,14)15/h3,6-7,9H,1,4-5,8H2,2H3,(H2,13,14,15). The molecular weight excluding hydrogens is 238 g/mol. The number of aryl methyl sites for hydroxylation is 1. The predicted molar refractivity (Wildman–Crippen MR) is 67.5 cm³/mol. The minimum atomic E-state index is -3.65. The summed E-state index contributed by atoms with van der Waals surface area (Å²) in [5.41, 5.74) is 0.591. The third-order valence-corrected chi connectivity index (χ3v) is 3.35. The normalized spacial score (nSPS) is 11.2. The van der Waals surface area contributed by atoms with E-state index in [0.717, 1.165) is 12.8 Å². The molecule has 2 N–H and O–H groups in total. The third-order valence-electron chi connectivity index (χ3n) is 2.27. The summed E-state index contributed by atoms with van der Waals surface area (Å²) in [4.78, 5) is 0.135. The molecule has 17 heavy (non-hydrogen) atoms. The Bertz CT molecular complexity index is 494. The average Bonchev–Trinajstić information content (AvgIpc) is 2.23. The van der Waals surface area contributed by atoms with Crippen LogP contribution in [0.5, 0.6) is 5.75 Å². The molecule has 0 aromatic heterocycles. The number of primary sulfonamides is 1. The van der Waals surface area contributed by atoms with E-state index < -0.39 is 10.0 Å². The highest BCUT2D eigenvalue weighted by molar-refractivity contribution is 7.89. The van der Waals surface area contributed by atoms with E-state index in [9.17, 15) is 8.42 Å². The Balaban J connectivity index is 2.73. The van der Waals surface area contributed by atoms with Crippen molar-refractivity contribution in [3.05, 3.63) is 36.4 Å². The van der Waals surface area contributed by atoms with Gasteiger partial charge < -0.3 is 4.74 Å². The average molecular weight is 255 g/mol. The second-order valence-electron chi connectivity index (χ2n) is 3.75. The second kappa shape index (κ2) is 5.84. The monoisotopic (exact) mass is 255 g/mol. The van der Waals surface area contributed by atoms with E-state index in [1.54, 1.807) is 19.1 Å². The van der Waals surface area contributed by atoms with Crippen molar-refractivity contribution in [3.63, 3.8) is 0 Å². The zero-order chi connectivity index (χ0) is 12.9. The lowest BCUT2D eigenvalue weighted by molar-refractivity contribution is 0.311. The summed E-state index contributed by atoms with van der Waals surface area (Å²) in [5, 5.41) is 5.07. The van der Waals surface area contributed by atoms with Gasteiger partial charge in [-0.1, -0.05) is 6.08 Å². The number of unbranched alkanes of at least 4 members (excludes halogenated alkanes) is 1. The highest BCUT2D eigenvalue weighted by Crippen LogP contribution is 2.20. The van der Waals surface area contributed by atoms with Gasteiger partial charge in [-0.25, -0.2) is 13.6 Å². The molecule has 0 aliphatic rings. The lowest BCUT2D eigenvalue weighted by atomic mass is 10.2. The molecular formula is C12H17NO3S. The topological polar surface area (TPSA) is 69.4 Å². The van der Waals surface area contributed by atoms with Crippen LogP contribution < -0.4 is 9.88 Å². The fourth-order valence-electron chi connectivity index (χ4n) is 1.45. The minimum Gasteiger partial charge on any atom is -0.494 e. The van der Waals surface area contributed by atoms with Crippen molar-refractivity contribution in [1.82, 2.24) is 0 Å². The molecule has 0 unspecified atom stereocenters. The maximum absolute atomic E-state index is 11.2. The van der Waals surface area contributed by atoms with Crippen LogP contribution in [0.25, 0.3) is 0 Å². The zero-order valence-electron chi connectivity index (χ0n) is 9.85. The number of ether oxygens (including phenoxy) is 1. The predicted octanol–water partition coefficient (Wildman–Crippen LogP) is 1.99. The molecule has 0 bridgehead atoms. The van der Waals surface area contributed by atoms with Gasteiger partial charge in [0.05, 0.1) is 11.5 Å². The van der Waals surface area contributed by atoms with Crippen LogP contribution in [0.1, 0.15) is 18.4 Å². The molecule has 1 rings (SSSR count). The SMILES string of the molecule is C=CCCCOc1ccc(S(N)(=O)=O)c(C)c1. The largest absolute Gasteiger partial charge is 0.494 e. The minimum absolute atomic E-state index is 0.135. The first-order chi connectivity index (χ1) is 7.95. The van der Waals surface area contributed by atoms with Crippen molar-refractivity contribution < 1.29 is 13.2 Å². The van der Waals surface area contributed by atoms with Crippen LogP contribution in [0.3, 0.4) is 0 Å². The first kappa shape index (κ1) is 13.7. The first-order valence-corrected chi connectivity index (χ1v) is 6.87. The number of rotatable bonds is 6. The van der Waals surface area contributed by atoms with Gasteiger partial charge in [-0.15, -0.1) is 6.58 Å². The smallest absolute Gasteiger partial charge is 0.238 e. The number of allylic oxidation sites excluding steroid dienone is 1. The molecule has 0 amide bonds. The Labute approximate surface area is 102 Å². The Kier molecular flexibility index (Phi) is 4.72. The summed E-state index contributed by atoms with van der Waals surface area (Å²) in [6, 6.07) is 4.75. The molecule has 4 nitrogen and oxygen atoms in total. The van der Waals surface area contributed by atoms with Gasteiger partial charge in [-0.05, 0) is 43.5 Å². The Hall–Kier alpha value is -1.33. The van der Waals surface area contributed by atoms with E-state index in [4.69, 9.17) is 9.88 Å². The Morgan fingerprint density at radius 3 is 2.71 bits per heavy atom. The molecule has 0 spiro atoms. The van der Waals surface area contributed by atoms with E-state index in [2.05, 4.69) is 6.58 Å². The lowest BCUT2D eigenvalue weighted by Crippen LogP contribution is -2.13. The molecule has 0 radical (unpaired) electrons. The second-order valence-corrected chi connectivity index (χ2v) is 5.28. The van der Waals surface area contributed by atoms with Crippen molar-refractivity contribution in [2.24, 2.45) is 5.14 Å². The van der Waals surface area contributed by atoms with Crippen LogP contribution in [-0.4, -0.2) is 15.0 Å². The summed E-state index contributed by atoms with van der Waals surface area (Å²) in [6.45, 7) is 5.90. The van der Waals surface area contributed by atoms with Gasteiger partial charge in [-0.3, -0.25) is 0 Å². The van der Waals surface area contributed by atoms with Crippen LogP contribution in [0.2, 0.25) is 0 Å². The molecule has 1 aromatic carbocycles. The van der Waals surface area contributed by atoms with E-state index in [1.807, 2.05) is 6.08 Å². The highest BCUT2D eigenvalue weighted by atomic mass is 32.2. The number of hydrogen-bond acceptors (Lipinski definition) is 3. The number of sulfonamides is 1. The van der Waals surface area contributed by atoms with Crippen molar-refractivity contribution in [1.29, 1.82) is 0 Å². The molecule has 94 valence electrons. The molecule has 0 heterocycles. The molecule has 0 saturated heterocycles. The number of hydrogen-bond donors (Lipinski definition) is 1. The van der Waals surface area contributed by atoms with Gasteiger partial charge >= 0.3 is 0 Å². The van der Waals surface area contributed by atoms with Gasteiger partial charge in [0.25, 0.3) is 0 Å². The van der Waals surface area contributed by atoms with Crippen molar-refractivity contribution in [2.45, 2.75) is 24.7 Å². The molecule has 0 saturated carbocycles. The summed E-state index contributed by atoms with van der Waals surface area (Å²) in [7, 11) is -3.65. The van der Waals surface area contributed by atoms with Crippen molar-refractivity contribution in [3.8, 4) is 5.75 Å². The fourth-order valence-corrected chi connectivity index (χ4v) is 2.21. The van der Waals surface area contributed by atoms with Crippen LogP contribution in [0, 0.1) is 6.92 Å². The van der Waals surface area contributed by atoms with Crippen molar-refractivity contribution in [2.75, 3.05) is 6.61 Å².